The van der Waals surface area contributed by atoms with Crippen molar-refractivity contribution in [2.45, 2.75) is 64.3 Å². The van der Waals surface area contributed by atoms with Gasteiger partial charge in [0.1, 0.15) is 5.75 Å². The van der Waals surface area contributed by atoms with Gasteiger partial charge in [0, 0.05) is 11.8 Å². The number of hydrogen-bond donors (Lipinski definition) is 1. The molecule has 3 rings (SSSR count). The Labute approximate surface area is 121 Å². The molecule has 0 aliphatic heterocycles. The lowest BCUT2D eigenvalue weighted by atomic mass is 9.73. The van der Waals surface area contributed by atoms with E-state index in [9.17, 15) is 5.11 Å². The first-order chi connectivity index (χ1) is 9.69. The molecule has 2 saturated carbocycles. The van der Waals surface area contributed by atoms with Gasteiger partial charge in [-0.25, -0.2) is 0 Å². The van der Waals surface area contributed by atoms with Gasteiger partial charge in [-0.15, -0.1) is 0 Å². The summed E-state index contributed by atoms with van der Waals surface area (Å²) in [6.07, 6.45) is 12.8. The van der Waals surface area contributed by atoms with E-state index < -0.39 is 0 Å². The molecule has 0 radical (unpaired) electrons. The van der Waals surface area contributed by atoms with E-state index in [1.807, 2.05) is 31.3 Å². The van der Waals surface area contributed by atoms with Crippen molar-refractivity contribution in [3.8, 4) is 5.75 Å². The number of aryl methyl sites for hydroxylation is 1. The molecule has 2 nitrogen and oxygen atoms in total. The zero-order valence-corrected chi connectivity index (χ0v) is 12.4. The van der Waals surface area contributed by atoms with Crippen molar-refractivity contribution in [1.29, 1.82) is 0 Å². The molecule has 0 heterocycles. The lowest BCUT2D eigenvalue weighted by Gasteiger charge is -2.33. The van der Waals surface area contributed by atoms with Crippen molar-refractivity contribution in [1.82, 2.24) is 0 Å². The Morgan fingerprint density at radius 1 is 1.20 bits per heavy atom. The Hall–Kier alpha value is -1.31. The van der Waals surface area contributed by atoms with Crippen molar-refractivity contribution in [3.63, 3.8) is 0 Å². The maximum absolute atomic E-state index is 10.0. The number of para-hydroxylation sites is 1. The van der Waals surface area contributed by atoms with E-state index in [4.69, 9.17) is 4.99 Å². The lowest BCUT2D eigenvalue weighted by Crippen LogP contribution is -2.21. The summed E-state index contributed by atoms with van der Waals surface area (Å²) in [5.41, 5.74) is 2.38. The minimum Gasteiger partial charge on any atom is -0.507 e. The quantitative estimate of drug-likeness (QED) is 0.782. The molecule has 20 heavy (non-hydrogen) atoms. The Bertz CT molecular complexity index is 500. The standard InChI is InChI=1S/C18H25NO/c1-14-6-5-7-15(17(14)20)13-19-16-8-11-18(12-16)9-3-2-4-10-18/h5-7,13,16,20H,2-4,8-12H2,1H3. The SMILES string of the molecule is Cc1cccc(C=NC2CCC3(CCCCC3)C2)c1O. The van der Waals surface area contributed by atoms with Gasteiger partial charge in [0.2, 0.25) is 0 Å². The largest absolute Gasteiger partial charge is 0.507 e. The molecule has 1 aromatic carbocycles. The highest BCUT2D eigenvalue weighted by molar-refractivity contribution is 5.84. The van der Waals surface area contributed by atoms with E-state index in [-0.39, 0.29) is 0 Å². The van der Waals surface area contributed by atoms with Crippen LogP contribution in [0, 0.1) is 12.3 Å². The van der Waals surface area contributed by atoms with Crippen LogP contribution in [0.1, 0.15) is 62.5 Å². The molecule has 2 fully saturated rings. The fraction of sp³-hybridized carbons (Fsp3) is 0.611. The van der Waals surface area contributed by atoms with E-state index in [2.05, 4.69) is 0 Å². The first kappa shape index (κ1) is 13.7. The van der Waals surface area contributed by atoms with Crippen molar-refractivity contribution < 1.29 is 5.11 Å². The number of hydrogen-bond acceptors (Lipinski definition) is 2. The molecule has 2 heteroatoms. The number of phenolic OH excluding ortho intramolecular Hbond substituents is 1. The van der Waals surface area contributed by atoms with Crippen LogP contribution in [0.15, 0.2) is 23.2 Å². The normalized spacial score (nSPS) is 25.6. The van der Waals surface area contributed by atoms with Crippen LogP contribution in [0.25, 0.3) is 0 Å². The summed E-state index contributed by atoms with van der Waals surface area (Å²) >= 11 is 0. The van der Waals surface area contributed by atoms with Crippen LogP contribution in [-0.2, 0) is 0 Å². The summed E-state index contributed by atoms with van der Waals surface area (Å²) in [4.78, 5) is 4.76. The number of benzene rings is 1. The van der Waals surface area contributed by atoms with Crippen LogP contribution < -0.4 is 0 Å². The molecule has 0 saturated heterocycles. The first-order valence-corrected chi connectivity index (χ1v) is 8.00. The third kappa shape index (κ3) is 2.74. The maximum atomic E-state index is 10.0. The molecule has 108 valence electrons. The summed E-state index contributed by atoms with van der Waals surface area (Å²) in [5.74, 6) is 0.377. The molecule has 2 aliphatic rings. The molecule has 1 spiro atoms. The second-order valence-electron chi connectivity index (χ2n) is 6.75. The van der Waals surface area contributed by atoms with Gasteiger partial charge < -0.3 is 5.11 Å². The Morgan fingerprint density at radius 3 is 2.80 bits per heavy atom. The number of aliphatic imine (C=N–C) groups is 1. The van der Waals surface area contributed by atoms with E-state index >= 15 is 0 Å². The molecule has 0 bridgehead atoms. The first-order valence-electron chi connectivity index (χ1n) is 8.00. The summed E-state index contributed by atoms with van der Waals surface area (Å²) in [6.45, 7) is 1.93. The second kappa shape index (κ2) is 5.59. The highest BCUT2D eigenvalue weighted by Gasteiger charge is 2.39. The van der Waals surface area contributed by atoms with E-state index in [0.717, 1.165) is 11.1 Å². The van der Waals surface area contributed by atoms with Crippen LogP contribution in [-0.4, -0.2) is 17.4 Å². The molecule has 0 amide bonds. The van der Waals surface area contributed by atoms with Gasteiger partial charge in [-0.05, 0) is 56.1 Å². The van der Waals surface area contributed by atoms with E-state index in [0.29, 0.717) is 17.2 Å². The third-order valence-corrected chi connectivity index (χ3v) is 5.28. The molecular weight excluding hydrogens is 246 g/mol. The van der Waals surface area contributed by atoms with E-state index in [1.54, 1.807) is 0 Å². The molecule has 1 N–H and O–H groups in total. The molecule has 2 aliphatic carbocycles. The summed E-state index contributed by atoms with van der Waals surface area (Å²) < 4.78 is 0. The van der Waals surface area contributed by atoms with Gasteiger partial charge in [-0.1, -0.05) is 31.4 Å². The van der Waals surface area contributed by atoms with Crippen LogP contribution in [0.2, 0.25) is 0 Å². The lowest BCUT2D eigenvalue weighted by molar-refractivity contribution is 0.195. The van der Waals surface area contributed by atoms with Crippen LogP contribution >= 0.6 is 0 Å². The number of nitrogens with zero attached hydrogens (tertiary/aromatic N) is 1. The van der Waals surface area contributed by atoms with E-state index in [1.165, 1.54) is 51.4 Å². The molecular formula is C18H25NO. The highest BCUT2D eigenvalue weighted by Crippen LogP contribution is 2.49. The Kier molecular flexibility index (Phi) is 3.82. The van der Waals surface area contributed by atoms with Crippen molar-refractivity contribution in [3.05, 3.63) is 29.3 Å². The van der Waals surface area contributed by atoms with Crippen LogP contribution in [0.3, 0.4) is 0 Å². The maximum Gasteiger partial charge on any atom is 0.127 e. The summed E-state index contributed by atoms with van der Waals surface area (Å²) in [6, 6.07) is 6.32. The zero-order valence-electron chi connectivity index (χ0n) is 12.4. The van der Waals surface area contributed by atoms with Gasteiger partial charge in [-0.2, -0.15) is 0 Å². The number of aromatic hydroxyl groups is 1. The monoisotopic (exact) mass is 271 g/mol. The van der Waals surface area contributed by atoms with Crippen molar-refractivity contribution >= 4 is 6.21 Å². The van der Waals surface area contributed by atoms with Crippen molar-refractivity contribution in [2.75, 3.05) is 0 Å². The molecule has 1 unspecified atom stereocenters. The van der Waals surface area contributed by atoms with Gasteiger partial charge in [-0.3, -0.25) is 4.99 Å². The van der Waals surface area contributed by atoms with Crippen LogP contribution in [0.5, 0.6) is 5.75 Å². The fourth-order valence-electron chi connectivity index (χ4n) is 4.03. The third-order valence-electron chi connectivity index (χ3n) is 5.28. The van der Waals surface area contributed by atoms with Crippen LogP contribution in [0.4, 0.5) is 0 Å². The molecule has 1 aromatic rings. The Balaban J connectivity index is 1.67. The van der Waals surface area contributed by atoms with Gasteiger partial charge in [0.05, 0.1) is 6.04 Å². The van der Waals surface area contributed by atoms with Gasteiger partial charge >= 0.3 is 0 Å². The average molecular weight is 271 g/mol. The zero-order chi connectivity index (χ0) is 14.0. The topological polar surface area (TPSA) is 32.6 Å². The number of rotatable bonds is 2. The van der Waals surface area contributed by atoms with Gasteiger partial charge in [0.25, 0.3) is 0 Å². The number of phenols is 1. The molecule has 1 atom stereocenters. The van der Waals surface area contributed by atoms with Crippen molar-refractivity contribution in [2.24, 2.45) is 10.4 Å². The predicted molar refractivity (Wildman–Crippen MR) is 83.6 cm³/mol. The fourth-order valence-corrected chi connectivity index (χ4v) is 4.03. The second-order valence-corrected chi connectivity index (χ2v) is 6.75. The summed E-state index contributed by atoms with van der Waals surface area (Å²) in [5, 5.41) is 10.0. The Morgan fingerprint density at radius 2 is 2.00 bits per heavy atom. The highest BCUT2D eigenvalue weighted by atomic mass is 16.3. The average Bonchev–Trinajstić information content (AvgIpc) is 2.84. The summed E-state index contributed by atoms with van der Waals surface area (Å²) in [7, 11) is 0. The smallest absolute Gasteiger partial charge is 0.127 e. The molecule has 0 aromatic heterocycles. The van der Waals surface area contributed by atoms with Gasteiger partial charge in [0.15, 0.2) is 0 Å². The minimum absolute atomic E-state index is 0.377. The minimum atomic E-state index is 0.377. The predicted octanol–water partition coefficient (Wildman–Crippen LogP) is 4.62.